The summed E-state index contributed by atoms with van der Waals surface area (Å²) >= 11 is 0. The van der Waals surface area contributed by atoms with Crippen molar-refractivity contribution in [1.29, 1.82) is 0 Å². The van der Waals surface area contributed by atoms with Crippen LogP contribution in [0.2, 0.25) is 0 Å². The number of nitrogens with one attached hydrogen (secondary N) is 4. The number of rotatable bonds is 11. The maximum Gasteiger partial charge on any atom is 0.407 e. The second-order valence-electron chi connectivity index (χ2n) is 14.5. The molecular formula is C38H46FN9O5. The number of anilines is 2. The van der Waals surface area contributed by atoms with Crippen molar-refractivity contribution >= 4 is 29.4 Å². The zero-order valence-electron chi connectivity index (χ0n) is 30.2. The average Bonchev–Trinajstić information content (AvgIpc) is 3.70. The molecule has 0 bridgehead atoms. The second kappa shape index (κ2) is 16.9. The number of amides is 3. The second-order valence-corrected chi connectivity index (χ2v) is 14.5. The fourth-order valence-electron chi connectivity index (χ4n) is 6.59. The van der Waals surface area contributed by atoms with Crippen molar-refractivity contribution < 1.29 is 28.2 Å². The van der Waals surface area contributed by atoms with E-state index >= 15 is 4.39 Å². The van der Waals surface area contributed by atoms with Crippen LogP contribution in [0.1, 0.15) is 52.0 Å². The van der Waals surface area contributed by atoms with E-state index in [1.807, 2.05) is 49.9 Å². The first-order valence-electron chi connectivity index (χ1n) is 18.0. The van der Waals surface area contributed by atoms with Crippen LogP contribution in [0.3, 0.4) is 0 Å². The van der Waals surface area contributed by atoms with E-state index in [0.29, 0.717) is 74.1 Å². The number of nitrogens with zero attached hydrogens (tertiary/aromatic N) is 5. The quantitative estimate of drug-likeness (QED) is 0.166. The standard InChI is InChI=1S/C38H46FN9O5/c1-38(2,3)53-37(51)41-23-25-6-10-28(11-7-25)35(49)43-31(36(50)42-29-14-12-27(13-15-29)33-44-46-47-45-33)22-24-4-8-26(9-5-24)30-16-17-40-34(32(30)39)48-18-20-52-21-19-48/h4-5,8-9,12-17,25,28,31H,6-7,10-11,18-23H2,1-3H3,(H,41,51)(H,42,50)(H,43,49)(H,44,45,46,47)/t25?,28?,31-/m0/s1. The normalized spacial score (nSPS) is 18.2. The van der Waals surface area contributed by atoms with Crippen LogP contribution in [0, 0.1) is 17.7 Å². The summed E-state index contributed by atoms with van der Waals surface area (Å²) in [5, 5.41) is 22.8. The Hall–Kier alpha value is -5.44. The minimum Gasteiger partial charge on any atom is -0.444 e. The molecule has 1 atom stereocenters. The first-order valence-corrected chi connectivity index (χ1v) is 18.0. The lowest BCUT2D eigenvalue weighted by molar-refractivity contribution is -0.130. The van der Waals surface area contributed by atoms with Crippen molar-refractivity contribution in [3.8, 4) is 22.5 Å². The Morgan fingerprint density at radius 2 is 1.68 bits per heavy atom. The number of H-pyrrole nitrogens is 1. The number of ether oxygens (including phenoxy) is 2. The number of hydrogen-bond acceptors (Lipinski definition) is 10. The lowest BCUT2D eigenvalue weighted by Crippen LogP contribution is -2.48. The monoisotopic (exact) mass is 727 g/mol. The van der Waals surface area contributed by atoms with Crippen molar-refractivity contribution in [2.45, 2.75) is 64.5 Å². The van der Waals surface area contributed by atoms with Gasteiger partial charge in [-0.05, 0) is 99.0 Å². The van der Waals surface area contributed by atoms with Crippen LogP contribution in [0.4, 0.5) is 20.7 Å². The molecule has 4 N–H and O–H groups in total. The van der Waals surface area contributed by atoms with Gasteiger partial charge < -0.3 is 30.3 Å². The Balaban J connectivity index is 1.12. The first kappa shape index (κ1) is 37.3. The zero-order valence-corrected chi connectivity index (χ0v) is 30.2. The number of pyridine rings is 1. The molecule has 6 rings (SSSR count). The molecule has 2 aromatic carbocycles. The van der Waals surface area contributed by atoms with Gasteiger partial charge in [0.25, 0.3) is 0 Å². The Morgan fingerprint density at radius 3 is 2.34 bits per heavy atom. The molecular weight excluding hydrogens is 681 g/mol. The molecule has 0 unspecified atom stereocenters. The Morgan fingerprint density at radius 1 is 0.981 bits per heavy atom. The minimum absolute atomic E-state index is 0.192. The van der Waals surface area contributed by atoms with Gasteiger partial charge in [-0.25, -0.2) is 14.2 Å². The molecule has 3 heterocycles. The summed E-state index contributed by atoms with van der Waals surface area (Å²) in [6, 6.07) is 15.1. The van der Waals surface area contributed by atoms with Crippen molar-refractivity contribution in [2.75, 3.05) is 43.1 Å². The van der Waals surface area contributed by atoms with E-state index in [2.05, 4.69) is 41.6 Å². The lowest BCUT2D eigenvalue weighted by Gasteiger charge is -2.29. The van der Waals surface area contributed by atoms with Crippen LogP contribution >= 0.6 is 0 Å². The molecule has 2 aromatic heterocycles. The largest absolute Gasteiger partial charge is 0.444 e. The fourth-order valence-corrected chi connectivity index (χ4v) is 6.59. The van der Waals surface area contributed by atoms with Gasteiger partial charge in [-0.2, -0.15) is 5.21 Å². The third-order valence-electron chi connectivity index (χ3n) is 9.43. The van der Waals surface area contributed by atoms with Crippen molar-refractivity contribution in [3.05, 3.63) is 72.2 Å². The third-order valence-corrected chi connectivity index (χ3v) is 9.43. The Kier molecular flexibility index (Phi) is 11.9. The van der Waals surface area contributed by atoms with E-state index in [-0.39, 0.29) is 30.1 Å². The van der Waals surface area contributed by atoms with Crippen LogP contribution in [0.25, 0.3) is 22.5 Å². The predicted octanol–water partition coefficient (Wildman–Crippen LogP) is 4.90. The van der Waals surface area contributed by atoms with Crippen molar-refractivity contribution in [1.82, 2.24) is 36.2 Å². The van der Waals surface area contributed by atoms with Crippen molar-refractivity contribution in [3.63, 3.8) is 0 Å². The molecule has 280 valence electrons. The predicted molar refractivity (Wildman–Crippen MR) is 196 cm³/mol. The van der Waals surface area contributed by atoms with Gasteiger partial charge in [0.15, 0.2) is 11.6 Å². The summed E-state index contributed by atoms with van der Waals surface area (Å²) in [7, 11) is 0. The van der Waals surface area contributed by atoms with Crippen LogP contribution < -0.4 is 20.9 Å². The van der Waals surface area contributed by atoms with E-state index in [0.717, 1.165) is 24.0 Å². The van der Waals surface area contributed by atoms with E-state index in [4.69, 9.17) is 9.47 Å². The summed E-state index contributed by atoms with van der Waals surface area (Å²) in [4.78, 5) is 45.7. The Bertz CT molecular complexity index is 1840. The van der Waals surface area contributed by atoms with E-state index in [1.165, 1.54) is 0 Å². The molecule has 1 aliphatic carbocycles. The average molecular weight is 728 g/mol. The number of aromatic nitrogens is 5. The van der Waals surface area contributed by atoms with Crippen LogP contribution in [0.5, 0.6) is 0 Å². The summed E-state index contributed by atoms with van der Waals surface area (Å²) in [6.45, 7) is 8.11. The molecule has 15 heteroatoms. The van der Waals surface area contributed by atoms with Crippen LogP contribution in [-0.2, 0) is 25.5 Å². The van der Waals surface area contributed by atoms with Gasteiger partial charge in [-0.15, -0.1) is 10.2 Å². The molecule has 1 saturated carbocycles. The molecule has 0 spiro atoms. The van der Waals surface area contributed by atoms with E-state index < -0.39 is 23.6 Å². The molecule has 0 radical (unpaired) electrons. The van der Waals surface area contributed by atoms with Gasteiger partial charge in [-0.1, -0.05) is 24.3 Å². The molecule has 2 fully saturated rings. The summed E-state index contributed by atoms with van der Waals surface area (Å²) in [5.74, 6) is -0.275. The number of alkyl carbamates (subject to hydrolysis) is 1. The summed E-state index contributed by atoms with van der Waals surface area (Å²) in [6.07, 6.45) is 4.16. The molecule has 2 aliphatic rings. The zero-order chi connectivity index (χ0) is 37.4. The molecule has 1 saturated heterocycles. The maximum atomic E-state index is 15.7. The highest BCUT2D eigenvalue weighted by atomic mass is 19.1. The van der Waals surface area contributed by atoms with Gasteiger partial charge >= 0.3 is 6.09 Å². The smallest absolute Gasteiger partial charge is 0.407 e. The number of benzene rings is 2. The molecule has 3 amide bonds. The van der Waals surface area contributed by atoms with Gasteiger partial charge in [0, 0.05) is 55.0 Å². The number of morpholine rings is 1. The van der Waals surface area contributed by atoms with Gasteiger partial charge in [-0.3, -0.25) is 9.59 Å². The number of hydrogen-bond donors (Lipinski definition) is 4. The number of halogens is 1. The van der Waals surface area contributed by atoms with Gasteiger partial charge in [0.05, 0.1) is 13.2 Å². The number of aromatic amines is 1. The highest BCUT2D eigenvalue weighted by Gasteiger charge is 2.30. The Labute approximate surface area is 307 Å². The van der Waals surface area contributed by atoms with Gasteiger partial charge in [0.1, 0.15) is 11.6 Å². The molecule has 1 aliphatic heterocycles. The third kappa shape index (κ3) is 10.1. The highest BCUT2D eigenvalue weighted by molar-refractivity contribution is 5.97. The minimum atomic E-state index is -0.887. The lowest BCUT2D eigenvalue weighted by atomic mass is 9.81. The summed E-state index contributed by atoms with van der Waals surface area (Å²) < 4.78 is 26.4. The molecule has 14 nitrogen and oxygen atoms in total. The van der Waals surface area contributed by atoms with Crippen molar-refractivity contribution in [2.24, 2.45) is 11.8 Å². The van der Waals surface area contributed by atoms with Crippen LogP contribution in [-0.4, -0.2) is 88.0 Å². The number of carbonyl (C=O) groups is 3. The number of tetrazole rings is 1. The van der Waals surface area contributed by atoms with Gasteiger partial charge in [0.2, 0.25) is 17.6 Å². The SMILES string of the molecule is CC(C)(C)OC(=O)NCC1CCC(C(=O)N[C@@H](Cc2ccc(-c3ccnc(N4CCOCC4)c3F)cc2)C(=O)Nc2ccc(-c3nn[nH]n3)cc2)CC1. The molecule has 53 heavy (non-hydrogen) atoms. The van der Waals surface area contributed by atoms with E-state index in [1.54, 1.807) is 36.5 Å². The van der Waals surface area contributed by atoms with Crippen LogP contribution in [0.15, 0.2) is 60.8 Å². The maximum absolute atomic E-state index is 15.7. The first-order chi connectivity index (χ1) is 25.5. The molecule has 4 aromatic rings. The highest BCUT2D eigenvalue weighted by Crippen LogP contribution is 2.31. The number of carbonyl (C=O) groups excluding carboxylic acids is 3. The topological polar surface area (TPSA) is 176 Å². The summed E-state index contributed by atoms with van der Waals surface area (Å²) in [5.41, 5.74) is 2.58. The fraction of sp³-hybridized carbons (Fsp3) is 0.447. The van der Waals surface area contributed by atoms with E-state index in [9.17, 15) is 14.4 Å².